The molecule has 0 aliphatic carbocycles. The molecule has 238 valence electrons. The molecule has 8 nitrogen and oxygen atoms in total. The summed E-state index contributed by atoms with van der Waals surface area (Å²) in [6.45, 7) is 4.72. The first-order chi connectivity index (χ1) is 19.0. The normalized spacial score (nSPS) is 15.3. The minimum atomic E-state index is -4.31. The van der Waals surface area contributed by atoms with E-state index in [4.69, 9.17) is 9.05 Å². The molecule has 0 spiro atoms. The van der Waals surface area contributed by atoms with Crippen molar-refractivity contribution in [3.05, 3.63) is 12.2 Å². The zero-order valence-electron chi connectivity index (χ0n) is 26.6. The molecule has 3 N–H and O–H groups in total. The van der Waals surface area contributed by atoms with Gasteiger partial charge >= 0.3 is 7.82 Å². The molecule has 1 unspecified atom stereocenters. The molecule has 9 heteroatoms. The summed E-state index contributed by atoms with van der Waals surface area (Å²) in [5.41, 5.74) is 0. The zero-order valence-corrected chi connectivity index (χ0v) is 27.5. The molecule has 0 aromatic rings. The van der Waals surface area contributed by atoms with Crippen molar-refractivity contribution in [2.45, 2.75) is 142 Å². The number of carbonyl (C=O) groups is 1. The number of carbonyl (C=O) groups excluding carboxylic acids is 1. The SMILES string of the molecule is CCCCCCCCC/C=C/[C@@H](O)[C@H](COP(=O)(O)OCC[N+](C)(C)C)NC(=O)CCCCCCCCCCC. The Hall–Kier alpha value is -0.760. The standard InChI is InChI=1S/C31H63N2O6P/c1-6-8-10-12-14-16-18-20-22-24-30(34)29(28-39-40(36,37)38-27-26-33(3,4)5)32-31(35)25-23-21-19-17-15-13-11-9-7-2/h22,24,29-30,34H,6-21,23,25-28H2,1-5H3,(H-,32,35,36,37)/p+1/b24-22+/t29-,30+/m0/s1. The van der Waals surface area contributed by atoms with Gasteiger partial charge in [-0.15, -0.1) is 0 Å². The van der Waals surface area contributed by atoms with Crippen LogP contribution < -0.4 is 5.32 Å². The predicted octanol–water partition coefficient (Wildman–Crippen LogP) is 7.29. The number of amides is 1. The van der Waals surface area contributed by atoms with Gasteiger partial charge in [-0.1, -0.05) is 116 Å². The summed E-state index contributed by atoms with van der Waals surface area (Å²) in [5, 5.41) is 13.6. The number of aliphatic hydroxyl groups excluding tert-OH is 1. The maximum absolute atomic E-state index is 12.6. The van der Waals surface area contributed by atoms with Crippen molar-refractivity contribution in [1.82, 2.24) is 5.32 Å². The Morgan fingerprint density at radius 1 is 0.825 bits per heavy atom. The summed E-state index contributed by atoms with van der Waals surface area (Å²) in [6.07, 6.45) is 22.8. The van der Waals surface area contributed by atoms with E-state index in [0.29, 0.717) is 17.4 Å². The summed E-state index contributed by atoms with van der Waals surface area (Å²) < 4.78 is 23.3. The highest BCUT2D eigenvalue weighted by Crippen LogP contribution is 2.43. The highest BCUT2D eigenvalue weighted by atomic mass is 31.2. The van der Waals surface area contributed by atoms with Gasteiger partial charge in [0, 0.05) is 6.42 Å². The third-order valence-corrected chi connectivity index (χ3v) is 7.99. The molecule has 0 saturated heterocycles. The van der Waals surface area contributed by atoms with Crippen LogP contribution in [0.15, 0.2) is 12.2 Å². The van der Waals surface area contributed by atoms with E-state index >= 15 is 0 Å². The molecule has 0 aliphatic heterocycles. The van der Waals surface area contributed by atoms with E-state index in [-0.39, 0.29) is 19.1 Å². The third kappa shape index (κ3) is 26.2. The van der Waals surface area contributed by atoms with Gasteiger partial charge in [0.25, 0.3) is 0 Å². The van der Waals surface area contributed by atoms with E-state index in [1.165, 1.54) is 70.6 Å². The molecule has 1 amide bonds. The van der Waals surface area contributed by atoms with Crippen molar-refractivity contribution in [3.8, 4) is 0 Å². The molecule has 0 saturated carbocycles. The Balaban J connectivity index is 4.67. The molecule has 0 aromatic carbocycles. The fourth-order valence-corrected chi connectivity index (χ4v) is 5.07. The Morgan fingerprint density at radius 2 is 1.32 bits per heavy atom. The number of phosphoric acid groups is 1. The first-order valence-corrected chi connectivity index (χ1v) is 17.6. The van der Waals surface area contributed by atoms with Crippen LogP contribution in [-0.2, 0) is 18.4 Å². The van der Waals surface area contributed by atoms with Crippen molar-refractivity contribution >= 4 is 13.7 Å². The Labute approximate surface area is 246 Å². The average molecular weight is 592 g/mol. The average Bonchev–Trinajstić information content (AvgIpc) is 2.88. The zero-order chi connectivity index (χ0) is 30.1. The van der Waals surface area contributed by atoms with Crippen LogP contribution in [0.5, 0.6) is 0 Å². The molecular weight excluding hydrogens is 527 g/mol. The largest absolute Gasteiger partial charge is 0.472 e. The van der Waals surface area contributed by atoms with Crippen molar-refractivity contribution in [1.29, 1.82) is 0 Å². The van der Waals surface area contributed by atoms with E-state index in [2.05, 4.69) is 19.2 Å². The Bertz CT molecular complexity index is 683. The van der Waals surface area contributed by atoms with E-state index in [0.717, 1.165) is 38.5 Å². The van der Waals surface area contributed by atoms with Crippen molar-refractivity contribution in [3.63, 3.8) is 0 Å². The first-order valence-electron chi connectivity index (χ1n) is 16.1. The lowest BCUT2D eigenvalue weighted by molar-refractivity contribution is -0.870. The van der Waals surface area contributed by atoms with Crippen LogP contribution in [0.1, 0.15) is 129 Å². The van der Waals surface area contributed by atoms with E-state index in [1.54, 1.807) is 6.08 Å². The van der Waals surface area contributed by atoms with Gasteiger partial charge in [0.1, 0.15) is 13.2 Å². The highest BCUT2D eigenvalue weighted by Gasteiger charge is 2.27. The van der Waals surface area contributed by atoms with Crippen LogP contribution in [0, 0.1) is 0 Å². The smallest absolute Gasteiger partial charge is 0.387 e. The summed E-state index contributed by atoms with van der Waals surface area (Å²) in [4.78, 5) is 22.7. The van der Waals surface area contributed by atoms with Crippen LogP contribution >= 0.6 is 7.82 Å². The van der Waals surface area contributed by atoms with Gasteiger partial charge in [-0.05, 0) is 19.3 Å². The molecule has 0 heterocycles. The van der Waals surface area contributed by atoms with Gasteiger partial charge in [0.15, 0.2) is 0 Å². The molecule has 0 aliphatic rings. The lowest BCUT2D eigenvalue weighted by Crippen LogP contribution is -2.45. The quantitative estimate of drug-likeness (QED) is 0.0382. The van der Waals surface area contributed by atoms with Crippen LogP contribution in [0.25, 0.3) is 0 Å². The highest BCUT2D eigenvalue weighted by molar-refractivity contribution is 7.47. The third-order valence-electron chi connectivity index (χ3n) is 7.01. The van der Waals surface area contributed by atoms with E-state index in [9.17, 15) is 19.4 Å². The van der Waals surface area contributed by atoms with Crippen molar-refractivity contribution in [2.75, 3.05) is 40.9 Å². The van der Waals surface area contributed by atoms with E-state index < -0.39 is 20.0 Å². The molecule has 3 atom stereocenters. The number of nitrogens with zero attached hydrogens (tertiary/aromatic N) is 1. The predicted molar refractivity (Wildman–Crippen MR) is 166 cm³/mol. The molecule has 0 fully saturated rings. The lowest BCUT2D eigenvalue weighted by Gasteiger charge is -2.25. The first kappa shape index (κ1) is 39.2. The fraction of sp³-hybridized carbons (Fsp3) is 0.903. The number of aliphatic hydroxyl groups is 1. The number of likely N-dealkylation sites (N-methyl/N-ethyl adjacent to an activating group) is 1. The number of hydrogen-bond acceptors (Lipinski definition) is 5. The number of rotatable bonds is 28. The topological polar surface area (TPSA) is 105 Å². The molecule has 0 bridgehead atoms. The maximum atomic E-state index is 12.6. The van der Waals surface area contributed by atoms with E-state index in [1.807, 2.05) is 27.2 Å². The maximum Gasteiger partial charge on any atom is 0.472 e. The van der Waals surface area contributed by atoms with Crippen molar-refractivity contribution < 1.29 is 32.9 Å². The van der Waals surface area contributed by atoms with Crippen LogP contribution in [0.2, 0.25) is 0 Å². The number of phosphoric ester groups is 1. The second-order valence-corrected chi connectivity index (χ2v) is 13.6. The Morgan fingerprint density at radius 3 is 1.85 bits per heavy atom. The van der Waals surface area contributed by atoms with Crippen LogP contribution in [0.4, 0.5) is 0 Å². The number of nitrogens with one attached hydrogen (secondary N) is 1. The number of hydrogen-bond donors (Lipinski definition) is 3. The molecular formula is C31H64N2O6P+. The minimum absolute atomic E-state index is 0.0633. The van der Waals surface area contributed by atoms with Gasteiger partial charge in [-0.3, -0.25) is 13.8 Å². The molecule has 0 rings (SSSR count). The number of allylic oxidation sites excluding steroid dienone is 1. The molecule has 0 aromatic heterocycles. The second kappa shape index (κ2) is 24.8. The summed E-state index contributed by atoms with van der Waals surface area (Å²) in [6, 6.07) is -0.834. The summed E-state index contributed by atoms with van der Waals surface area (Å²) in [7, 11) is 1.57. The number of unbranched alkanes of at least 4 members (excludes halogenated alkanes) is 15. The van der Waals surface area contributed by atoms with Gasteiger partial charge in [0.05, 0.1) is 39.9 Å². The summed E-state index contributed by atoms with van der Waals surface area (Å²) >= 11 is 0. The van der Waals surface area contributed by atoms with Crippen molar-refractivity contribution in [2.24, 2.45) is 0 Å². The molecule has 0 radical (unpaired) electrons. The monoisotopic (exact) mass is 591 g/mol. The van der Waals surface area contributed by atoms with Gasteiger partial charge in [0.2, 0.25) is 5.91 Å². The minimum Gasteiger partial charge on any atom is -0.387 e. The van der Waals surface area contributed by atoms with Crippen LogP contribution in [-0.4, -0.2) is 73.4 Å². The Kier molecular flexibility index (Phi) is 24.3. The number of quaternary nitrogens is 1. The van der Waals surface area contributed by atoms with Gasteiger partial charge < -0.3 is 19.8 Å². The second-order valence-electron chi connectivity index (χ2n) is 12.2. The fourth-order valence-electron chi connectivity index (χ4n) is 4.33. The van der Waals surface area contributed by atoms with Gasteiger partial charge in [-0.25, -0.2) is 4.57 Å². The van der Waals surface area contributed by atoms with Crippen LogP contribution in [0.3, 0.4) is 0 Å². The van der Waals surface area contributed by atoms with Gasteiger partial charge in [-0.2, -0.15) is 0 Å². The molecule has 40 heavy (non-hydrogen) atoms. The lowest BCUT2D eigenvalue weighted by atomic mass is 10.1. The summed E-state index contributed by atoms with van der Waals surface area (Å²) in [5.74, 6) is -0.185.